The number of benzene rings is 2. The van der Waals surface area contributed by atoms with Gasteiger partial charge in [-0.25, -0.2) is 4.57 Å². The van der Waals surface area contributed by atoms with Crippen LogP contribution < -0.4 is 13.9 Å². The minimum absolute atomic E-state index is 0.169. The van der Waals surface area contributed by atoms with Crippen LogP contribution in [-0.2, 0) is 11.1 Å². The molecular weight excluding hydrogens is 411 g/mol. The molecule has 2 N–H and O–H groups in total. The molecule has 0 spiro atoms. The number of ether oxygens (including phenoxy) is 1. The molecule has 4 aromatic rings. The molecule has 31 heavy (non-hydrogen) atoms. The Morgan fingerprint density at radius 2 is 1.26 bits per heavy atom. The zero-order valence-electron chi connectivity index (χ0n) is 16.8. The van der Waals surface area contributed by atoms with Crippen molar-refractivity contribution in [3.63, 3.8) is 0 Å². The minimum Gasteiger partial charge on any atom is -0.457 e. The third kappa shape index (κ3) is 5.86. The van der Waals surface area contributed by atoms with Gasteiger partial charge in [-0.3, -0.25) is 4.57 Å². The Balaban J connectivity index is 1.42. The van der Waals surface area contributed by atoms with Crippen LogP contribution in [0.4, 0.5) is 0 Å². The summed E-state index contributed by atoms with van der Waals surface area (Å²) in [5.41, 5.74) is 3.11. The molecule has 0 fully saturated rings. The zero-order valence-corrected chi connectivity index (χ0v) is 17.7. The second-order valence-corrected chi connectivity index (χ2v) is 8.89. The molecule has 0 aliphatic rings. The van der Waals surface area contributed by atoms with Crippen molar-refractivity contribution in [3.05, 3.63) is 104 Å². The summed E-state index contributed by atoms with van der Waals surface area (Å²) < 4.78 is 20.6. The van der Waals surface area contributed by atoms with Gasteiger partial charge in [0, 0.05) is 36.4 Å². The highest BCUT2D eigenvalue weighted by Crippen LogP contribution is 2.33. The van der Waals surface area contributed by atoms with Gasteiger partial charge >= 0.3 is 7.60 Å². The molecule has 7 heteroatoms. The van der Waals surface area contributed by atoms with E-state index in [4.69, 9.17) is 14.5 Å². The Kier molecular flexibility index (Phi) is 6.23. The lowest BCUT2D eigenvalue weighted by Crippen LogP contribution is -2.34. The third-order valence-electron chi connectivity index (χ3n) is 4.82. The minimum atomic E-state index is -3.99. The second kappa shape index (κ2) is 9.23. The van der Waals surface area contributed by atoms with Crippen molar-refractivity contribution < 1.29 is 28.2 Å². The molecule has 0 amide bonds. The number of para-hydroxylation sites is 1. The molecule has 0 bridgehead atoms. The Labute approximate surface area is 180 Å². The summed E-state index contributed by atoms with van der Waals surface area (Å²) in [6, 6.07) is 25.5. The average molecular weight is 434 g/mol. The largest absolute Gasteiger partial charge is 0.457 e. The summed E-state index contributed by atoms with van der Waals surface area (Å²) in [6.45, 7) is 0.281. The molecule has 2 aromatic heterocycles. The SMILES string of the molecule is O=P(O)(O)CC[n+]1ccc(-c2cc[n+](-c3ccc(Oc4ccccc4)cc3)cc2)cc1. The first-order valence-corrected chi connectivity index (χ1v) is 11.6. The molecule has 0 unspecified atom stereocenters. The fraction of sp³-hybridized carbons (Fsp3) is 0.0833. The Bertz CT molecular complexity index is 1170. The molecule has 0 saturated carbocycles. The smallest absolute Gasteiger partial charge is 0.331 e. The van der Waals surface area contributed by atoms with Crippen molar-refractivity contribution in [3.8, 4) is 28.3 Å². The highest BCUT2D eigenvalue weighted by molar-refractivity contribution is 7.51. The number of rotatable bonds is 7. The lowest BCUT2D eigenvalue weighted by molar-refractivity contribution is -0.692. The fourth-order valence-electron chi connectivity index (χ4n) is 3.15. The van der Waals surface area contributed by atoms with Crippen molar-refractivity contribution in [2.45, 2.75) is 6.54 Å². The molecule has 2 heterocycles. The summed E-state index contributed by atoms with van der Waals surface area (Å²) in [6.07, 6.45) is 7.49. The quantitative estimate of drug-likeness (QED) is 0.342. The Hall–Kier alpha value is -3.31. The summed E-state index contributed by atoms with van der Waals surface area (Å²) in [5, 5.41) is 0. The van der Waals surface area contributed by atoms with Crippen LogP contribution in [0.5, 0.6) is 11.5 Å². The van der Waals surface area contributed by atoms with Gasteiger partial charge in [0.25, 0.3) is 0 Å². The van der Waals surface area contributed by atoms with Crippen molar-refractivity contribution in [1.82, 2.24) is 0 Å². The van der Waals surface area contributed by atoms with E-state index in [-0.39, 0.29) is 12.7 Å². The normalized spacial score (nSPS) is 11.3. The highest BCUT2D eigenvalue weighted by atomic mass is 31.2. The molecule has 0 aliphatic heterocycles. The highest BCUT2D eigenvalue weighted by Gasteiger charge is 2.16. The summed E-state index contributed by atoms with van der Waals surface area (Å²) in [5.74, 6) is 1.58. The summed E-state index contributed by atoms with van der Waals surface area (Å²) >= 11 is 0. The Morgan fingerprint density at radius 3 is 1.84 bits per heavy atom. The van der Waals surface area contributed by atoms with Crippen LogP contribution in [0.15, 0.2) is 104 Å². The lowest BCUT2D eigenvalue weighted by Gasteiger charge is -2.05. The van der Waals surface area contributed by atoms with E-state index in [0.717, 1.165) is 28.3 Å². The van der Waals surface area contributed by atoms with Crippen molar-refractivity contribution in [2.75, 3.05) is 6.16 Å². The van der Waals surface area contributed by atoms with E-state index in [1.807, 2.05) is 108 Å². The van der Waals surface area contributed by atoms with Gasteiger partial charge in [0.05, 0.1) is 0 Å². The standard InChI is InChI=1S/C24H21N2O4P/c27-31(28,29)19-18-25-14-10-20(11-15-25)21-12-16-26(17-13-21)22-6-8-24(9-7-22)30-23-4-2-1-3-5-23/h1-17H,18-19H2/p+2. The van der Waals surface area contributed by atoms with Crippen molar-refractivity contribution >= 4 is 7.60 Å². The fourth-order valence-corrected chi connectivity index (χ4v) is 3.64. The van der Waals surface area contributed by atoms with Gasteiger partial charge in [0.2, 0.25) is 5.69 Å². The number of aromatic nitrogens is 2. The van der Waals surface area contributed by atoms with Gasteiger partial charge in [0.15, 0.2) is 31.3 Å². The average Bonchev–Trinajstić information content (AvgIpc) is 2.79. The van der Waals surface area contributed by atoms with E-state index in [0.29, 0.717) is 0 Å². The maximum Gasteiger partial charge on any atom is 0.331 e. The van der Waals surface area contributed by atoms with E-state index in [1.54, 1.807) is 4.57 Å². The Morgan fingerprint density at radius 1 is 0.710 bits per heavy atom. The predicted octanol–water partition coefficient (Wildman–Crippen LogP) is 3.89. The second-order valence-electron chi connectivity index (χ2n) is 7.12. The van der Waals surface area contributed by atoms with Crippen LogP contribution in [-0.4, -0.2) is 15.9 Å². The lowest BCUT2D eigenvalue weighted by atomic mass is 10.1. The number of hydrogen-bond acceptors (Lipinski definition) is 2. The number of pyridine rings is 2. The maximum absolute atomic E-state index is 11.0. The van der Waals surface area contributed by atoms with Gasteiger partial charge in [-0.15, -0.1) is 0 Å². The van der Waals surface area contributed by atoms with E-state index < -0.39 is 7.60 Å². The van der Waals surface area contributed by atoms with Crippen LogP contribution in [0, 0.1) is 0 Å². The predicted molar refractivity (Wildman–Crippen MR) is 117 cm³/mol. The molecule has 2 aromatic carbocycles. The molecular formula is C24H23N2O4P+2. The molecule has 0 saturated heterocycles. The maximum atomic E-state index is 11.0. The van der Waals surface area contributed by atoms with Gasteiger partial charge < -0.3 is 14.5 Å². The molecule has 4 rings (SSSR count). The van der Waals surface area contributed by atoms with Crippen LogP contribution in [0.2, 0.25) is 0 Å². The third-order valence-corrected chi connectivity index (χ3v) is 5.60. The van der Waals surface area contributed by atoms with E-state index in [1.165, 1.54) is 0 Å². The molecule has 6 nitrogen and oxygen atoms in total. The molecule has 156 valence electrons. The van der Waals surface area contributed by atoms with E-state index >= 15 is 0 Å². The number of nitrogens with zero attached hydrogens (tertiary/aromatic N) is 2. The summed E-state index contributed by atoms with van der Waals surface area (Å²) in [4.78, 5) is 18.0. The number of aryl methyl sites for hydroxylation is 1. The molecule has 0 radical (unpaired) electrons. The topological polar surface area (TPSA) is 74.5 Å². The first kappa shape index (κ1) is 20.9. The first-order chi connectivity index (χ1) is 15.0. The van der Waals surface area contributed by atoms with Gasteiger partial charge in [0.1, 0.15) is 17.7 Å². The van der Waals surface area contributed by atoms with Crippen LogP contribution >= 0.6 is 7.60 Å². The molecule has 0 atom stereocenters. The van der Waals surface area contributed by atoms with Crippen molar-refractivity contribution in [2.24, 2.45) is 0 Å². The van der Waals surface area contributed by atoms with E-state index in [9.17, 15) is 4.57 Å². The van der Waals surface area contributed by atoms with Crippen molar-refractivity contribution in [1.29, 1.82) is 0 Å². The van der Waals surface area contributed by atoms with Gasteiger partial charge in [-0.1, -0.05) is 18.2 Å². The number of hydrogen-bond donors (Lipinski definition) is 2. The monoisotopic (exact) mass is 434 g/mol. The molecule has 0 aliphatic carbocycles. The van der Waals surface area contributed by atoms with Crippen LogP contribution in [0.3, 0.4) is 0 Å². The van der Waals surface area contributed by atoms with Crippen LogP contribution in [0.1, 0.15) is 0 Å². The van der Waals surface area contributed by atoms with E-state index in [2.05, 4.69) is 0 Å². The first-order valence-electron chi connectivity index (χ1n) is 9.85. The zero-order chi connectivity index (χ0) is 21.7. The van der Waals surface area contributed by atoms with Crippen LogP contribution in [0.25, 0.3) is 16.8 Å². The van der Waals surface area contributed by atoms with Gasteiger partial charge in [-0.2, -0.15) is 4.57 Å². The van der Waals surface area contributed by atoms with Gasteiger partial charge in [-0.05, 0) is 35.4 Å². The summed E-state index contributed by atoms with van der Waals surface area (Å²) in [7, 11) is -3.99.